The van der Waals surface area contributed by atoms with Gasteiger partial charge >= 0.3 is 0 Å². The van der Waals surface area contributed by atoms with E-state index in [9.17, 15) is 4.79 Å². The van der Waals surface area contributed by atoms with Gasteiger partial charge in [-0.1, -0.05) is 41.0 Å². The van der Waals surface area contributed by atoms with E-state index in [-0.39, 0.29) is 5.78 Å². The lowest BCUT2D eigenvalue weighted by atomic mass is 9.99. The number of carbonyl (C=O) groups is 1. The van der Waals surface area contributed by atoms with Gasteiger partial charge in [-0.2, -0.15) is 0 Å². The minimum atomic E-state index is 0.143. The van der Waals surface area contributed by atoms with Gasteiger partial charge in [-0.15, -0.1) is 0 Å². The highest BCUT2D eigenvalue weighted by atomic mass is 35.5. The topological polar surface area (TPSA) is 17.1 Å². The zero-order valence-corrected chi connectivity index (χ0v) is 10.8. The van der Waals surface area contributed by atoms with Gasteiger partial charge in [-0.25, -0.2) is 0 Å². The highest BCUT2D eigenvalue weighted by Gasteiger charge is 2.15. The Kier molecular flexibility index (Phi) is 3.49. The van der Waals surface area contributed by atoms with E-state index < -0.39 is 0 Å². The van der Waals surface area contributed by atoms with Crippen molar-refractivity contribution < 1.29 is 4.79 Å². The molecule has 0 saturated carbocycles. The molecule has 0 unspecified atom stereocenters. The van der Waals surface area contributed by atoms with Gasteiger partial charge in [-0.3, -0.25) is 4.79 Å². The average Bonchev–Trinajstić information content (AvgIpc) is 2.61. The molecule has 2 heteroatoms. The first-order valence-corrected chi connectivity index (χ1v) is 6.10. The average molecular weight is 247 g/mol. The summed E-state index contributed by atoms with van der Waals surface area (Å²) in [6.07, 6.45) is 3.58. The maximum absolute atomic E-state index is 12.1. The van der Waals surface area contributed by atoms with Crippen molar-refractivity contribution in [2.24, 2.45) is 0 Å². The fraction of sp³-hybridized carbons (Fsp3) is 0.267. The fourth-order valence-corrected chi connectivity index (χ4v) is 2.21. The van der Waals surface area contributed by atoms with Crippen LogP contribution in [0.15, 0.2) is 47.1 Å². The molecule has 1 nitrogen and oxygen atoms in total. The van der Waals surface area contributed by atoms with Crippen molar-refractivity contribution in [3.8, 4) is 0 Å². The number of hydrogen-bond acceptors (Lipinski definition) is 1. The number of allylic oxidation sites excluding steroid dienone is 4. The number of benzene rings is 1. The van der Waals surface area contributed by atoms with Gasteiger partial charge in [0, 0.05) is 17.0 Å². The van der Waals surface area contributed by atoms with Crippen LogP contribution in [0, 0.1) is 0 Å². The van der Waals surface area contributed by atoms with E-state index in [1.165, 1.54) is 16.7 Å². The summed E-state index contributed by atoms with van der Waals surface area (Å²) in [6.45, 7) is 4.17. The molecule has 1 aliphatic carbocycles. The van der Waals surface area contributed by atoms with Crippen LogP contribution in [0.2, 0.25) is 5.02 Å². The second-order valence-electron chi connectivity index (χ2n) is 4.43. The van der Waals surface area contributed by atoms with E-state index in [4.69, 9.17) is 11.6 Å². The number of hydrogen-bond donors (Lipinski definition) is 0. The monoisotopic (exact) mass is 246 g/mol. The molecule has 0 saturated heterocycles. The SMILES string of the molecule is CC1=CCC(CC(=O)c2cccc(Cl)c2)=C1C. The highest BCUT2D eigenvalue weighted by Crippen LogP contribution is 2.28. The molecule has 1 aromatic carbocycles. The first-order chi connectivity index (χ1) is 8.08. The summed E-state index contributed by atoms with van der Waals surface area (Å²) >= 11 is 5.88. The molecule has 0 N–H and O–H groups in total. The lowest BCUT2D eigenvalue weighted by molar-refractivity contribution is 0.0992. The van der Waals surface area contributed by atoms with Gasteiger partial charge in [0.25, 0.3) is 0 Å². The minimum Gasteiger partial charge on any atom is -0.294 e. The second-order valence-corrected chi connectivity index (χ2v) is 4.87. The van der Waals surface area contributed by atoms with Gasteiger partial charge in [0.2, 0.25) is 0 Å². The summed E-state index contributed by atoms with van der Waals surface area (Å²) in [5, 5.41) is 0.613. The molecule has 0 fully saturated rings. The van der Waals surface area contributed by atoms with E-state index >= 15 is 0 Å². The third-order valence-electron chi connectivity index (χ3n) is 3.30. The molecule has 17 heavy (non-hydrogen) atoms. The first-order valence-electron chi connectivity index (χ1n) is 5.72. The van der Waals surface area contributed by atoms with Gasteiger partial charge < -0.3 is 0 Å². The Hall–Kier alpha value is -1.34. The zero-order chi connectivity index (χ0) is 12.4. The lowest BCUT2D eigenvalue weighted by Crippen LogP contribution is -2.01. The fourth-order valence-electron chi connectivity index (χ4n) is 2.02. The third kappa shape index (κ3) is 2.67. The molecular formula is C15H15ClO. The predicted molar refractivity (Wildman–Crippen MR) is 71.5 cm³/mol. The summed E-state index contributed by atoms with van der Waals surface area (Å²) < 4.78 is 0. The summed E-state index contributed by atoms with van der Waals surface area (Å²) in [5.74, 6) is 0.143. The summed E-state index contributed by atoms with van der Waals surface area (Å²) in [7, 11) is 0. The number of Topliss-reactive ketones (excluding diaryl/α,β-unsaturated/α-hetero) is 1. The van der Waals surface area contributed by atoms with Crippen molar-refractivity contribution in [2.75, 3.05) is 0 Å². The Balaban J connectivity index is 2.14. The summed E-state index contributed by atoms with van der Waals surface area (Å²) in [6, 6.07) is 7.15. The van der Waals surface area contributed by atoms with Crippen molar-refractivity contribution in [1.29, 1.82) is 0 Å². The van der Waals surface area contributed by atoms with Crippen molar-refractivity contribution in [3.63, 3.8) is 0 Å². The normalized spacial score (nSPS) is 15.1. The van der Waals surface area contributed by atoms with E-state index in [1.54, 1.807) is 12.1 Å². The van der Waals surface area contributed by atoms with Gasteiger partial charge in [0.05, 0.1) is 0 Å². The number of ketones is 1. The van der Waals surface area contributed by atoms with Crippen LogP contribution in [0.25, 0.3) is 0 Å². The molecule has 2 rings (SSSR count). The molecule has 0 spiro atoms. The molecule has 0 heterocycles. The van der Waals surface area contributed by atoms with Crippen molar-refractivity contribution in [3.05, 3.63) is 57.6 Å². The van der Waals surface area contributed by atoms with Crippen LogP contribution in [0.5, 0.6) is 0 Å². The first kappa shape index (κ1) is 12.1. The Labute approximate surface area is 107 Å². The highest BCUT2D eigenvalue weighted by molar-refractivity contribution is 6.31. The van der Waals surface area contributed by atoms with Gasteiger partial charge in [-0.05, 0) is 38.0 Å². The number of rotatable bonds is 3. The van der Waals surface area contributed by atoms with Crippen LogP contribution in [0.3, 0.4) is 0 Å². The maximum atomic E-state index is 12.1. The lowest BCUT2D eigenvalue weighted by Gasteiger charge is -2.05. The van der Waals surface area contributed by atoms with Crippen molar-refractivity contribution in [1.82, 2.24) is 0 Å². The largest absolute Gasteiger partial charge is 0.294 e. The van der Waals surface area contributed by atoms with E-state index in [1.807, 2.05) is 12.1 Å². The minimum absolute atomic E-state index is 0.143. The summed E-state index contributed by atoms with van der Waals surface area (Å²) in [4.78, 5) is 12.1. The number of carbonyl (C=O) groups excluding carboxylic acids is 1. The summed E-state index contributed by atoms with van der Waals surface area (Å²) in [5.41, 5.74) is 4.48. The van der Waals surface area contributed by atoms with Crippen molar-refractivity contribution in [2.45, 2.75) is 26.7 Å². The molecule has 0 aromatic heterocycles. The quantitative estimate of drug-likeness (QED) is 0.714. The molecule has 88 valence electrons. The van der Waals surface area contributed by atoms with E-state index in [0.29, 0.717) is 17.0 Å². The van der Waals surface area contributed by atoms with Crippen LogP contribution >= 0.6 is 11.6 Å². The molecule has 0 atom stereocenters. The maximum Gasteiger partial charge on any atom is 0.166 e. The van der Waals surface area contributed by atoms with E-state index in [2.05, 4.69) is 19.9 Å². The molecule has 0 amide bonds. The Morgan fingerprint density at radius 1 is 1.35 bits per heavy atom. The van der Waals surface area contributed by atoms with Crippen LogP contribution in [-0.2, 0) is 0 Å². The molecular weight excluding hydrogens is 232 g/mol. The van der Waals surface area contributed by atoms with Crippen LogP contribution in [-0.4, -0.2) is 5.78 Å². The molecule has 1 aliphatic rings. The van der Waals surface area contributed by atoms with Crippen LogP contribution < -0.4 is 0 Å². The van der Waals surface area contributed by atoms with Crippen LogP contribution in [0.4, 0.5) is 0 Å². The Morgan fingerprint density at radius 3 is 2.71 bits per heavy atom. The van der Waals surface area contributed by atoms with Crippen LogP contribution in [0.1, 0.15) is 37.0 Å². The Bertz CT molecular complexity index is 523. The van der Waals surface area contributed by atoms with Gasteiger partial charge in [0.1, 0.15) is 0 Å². The molecule has 0 radical (unpaired) electrons. The second kappa shape index (κ2) is 4.89. The zero-order valence-electron chi connectivity index (χ0n) is 10.1. The predicted octanol–water partition coefficient (Wildman–Crippen LogP) is 4.58. The standard InChI is InChI=1S/C15H15ClO/c1-10-6-7-12(11(10)2)9-15(17)13-4-3-5-14(16)8-13/h3-6,8H,7,9H2,1-2H3. The van der Waals surface area contributed by atoms with Gasteiger partial charge in [0.15, 0.2) is 5.78 Å². The van der Waals surface area contributed by atoms with E-state index in [0.717, 1.165) is 6.42 Å². The molecule has 1 aromatic rings. The smallest absolute Gasteiger partial charge is 0.166 e. The van der Waals surface area contributed by atoms with Crippen molar-refractivity contribution >= 4 is 17.4 Å². The number of halogens is 1. The third-order valence-corrected chi connectivity index (χ3v) is 3.53. The molecule has 0 aliphatic heterocycles. The Morgan fingerprint density at radius 2 is 2.12 bits per heavy atom. The molecule has 0 bridgehead atoms.